The van der Waals surface area contributed by atoms with Gasteiger partial charge in [0.1, 0.15) is 0 Å². The maximum absolute atomic E-state index is 6.00. The Morgan fingerprint density at radius 2 is 2.00 bits per heavy atom. The van der Waals surface area contributed by atoms with Gasteiger partial charge in [-0.2, -0.15) is 4.98 Å². The summed E-state index contributed by atoms with van der Waals surface area (Å²) in [6, 6.07) is 0.340. The zero-order valence-corrected chi connectivity index (χ0v) is 11.0. The molecule has 0 bridgehead atoms. The van der Waals surface area contributed by atoms with Gasteiger partial charge in [0.2, 0.25) is 5.28 Å². The second-order valence-corrected chi connectivity index (χ2v) is 4.44. The molecule has 2 N–H and O–H groups in total. The van der Waals surface area contributed by atoms with Gasteiger partial charge in [0.25, 0.3) is 0 Å². The lowest BCUT2D eigenvalue weighted by Crippen LogP contribution is -2.33. The van der Waals surface area contributed by atoms with E-state index in [9.17, 15) is 0 Å². The summed E-state index contributed by atoms with van der Waals surface area (Å²) < 4.78 is 0. The molecule has 1 rings (SSSR count). The average molecular weight is 243 g/mol. The van der Waals surface area contributed by atoms with Crippen molar-refractivity contribution in [1.82, 2.24) is 9.97 Å². The molecule has 0 unspecified atom stereocenters. The van der Waals surface area contributed by atoms with Crippen LogP contribution in [0.15, 0.2) is 0 Å². The maximum atomic E-state index is 6.00. The van der Waals surface area contributed by atoms with Crippen molar-refractivity contribution in [2.24, 2.45) is 0 Å². The third-order valence-electron chi connectivity index (χ3n) is 2.45. The number of aromatic nitrogens is 2. The van der Waals surface area contributed by atoms with Crippen molar-refractivity contribution in [3.05, 3.63) is 11.0 Å². The Labute approximate surface area is 102 Å². The van der Waals surface area contributed by atoms with Gasteiger partial charge in [0.15, 0.2) is 5.82 Å². The molecule has 16 heavy (non-hydrogen) atoms. The summed E-state index contributed by atoms with van der Waals surface area (Å²) in [5.74, 6) is 0.745. The number of nitrogens with two attached hydrogens (primary N) is 1. The van der Waals surface area contributed by atoms with Crippen LogP contribution in [0, 0.1) is 6.92 Å². The van der Waals surface area contributed by atoms with Crippen LogP contribution in [0.4, 0.5) is 11.5 Å². The van der Waals surface area contributed by atoms with Crippen LogP contribution < -0.4 is 10.6 Å². The van der Waals surface area contributed by atoms with Crippen LogP contribution in [0.3, 0.4) is 0 Å². The normalized spacial score (nSPS) is 10.9. The van der Waals surface area contributed by atoms with Crippen LogP contribution in [0.25, 0.3) is 0 Å². The number of hydrogen-bond donors (Lipinski definition) is 1. The highest BCUT2D eigenvalue weighted by molar-refractivity contribution is 6.28. The summed E-state index contributed by atoms with van der Waals surface area (Å²) >= 11 is 5.87. The van der Waals surface area contributed by atoms with E-state index in [-0.39, 0.29) is 5.28 Å². The van der Waals surface area contributed by atoms with Crippen LogP contribution >= 0.6 is 11.6 Å². The van der Waals surface area contributed by atoms with Crippen LogP contribution in [0.1, 0.15) is 32.9 Å². The van der Waals surface area contributed by atoms with Crippen molar-refractivity contribution in [2.75, 3.05) is 17.2 Å². The number of rotatable bonds is 4. The fraction of sp³-hybridized carbons (Fsp3) is 0.636. The first-order valence-electron chi connectivity index (χ1n) is 5.53. The Morgan fingerprint density at radius 1 is 1.38 bits per heavy atom. The predicted molar refractivity (Wildman–Crippen MR) is 69.0 cm³/mol. The molecule has 90 valence electrons. The Kier molecular flexibility index (Phi) is 4.35. The molecule has 0 saturated carbocycles. The molecule has 1 aromatic rings. The van der Waals surface area contributed by atoms with E-state index in [0.29, 0.717) is 11.7 Å². The smallest absolute Gasteiger partial charge is 0.224 e. The van der Waals surface area contributed by atoms with Crippen LogP contribution in [-0.4, -0.2) is 22.6 Å². The quantitative estimate of drug-likeness (QED) is 0.825. The number of hydrogen-bond acceptors (Lipinski definition) is 4. The van der Waals surface area contributed by atoms with Crippen molar-refractivity contribution in [2.45, 2.75) is 40.2 Å². The lowest BCUT2D eigenvalue weighted by molar-refractivity contribution is 0.662. The molecular formula is C11H19ClN4. The maximum Gasteiger partial charge on any atom is 0.224 e. The van der Waals surface area contributed by atoms with Gasteiger partial charge in [0.05, 0.1) is 11.4 Å². The van der Waals surface area contributed by atoms with Crippen molar-refractivity contribution >= 4 is 23.1 Å². The third-order valence-corrected chi connectivity index (χ3v) is 2.62. The molecule has 0 aliphatic rings. The fourth-order valence-corrected chi connectivity index (χ4v) is 1.81. The van der Waals surface area contributed by atoms with E-state index in [2.05, 4.69) is 35.6 Å². The van der Waals surface area contributed by atoms with E-state index in [0.717, 1.165) is 24.5 Å². The first kappa shape index (κ1) is 13.0. The summed E-state index contributed by atoms with van der Waals surface area (Å²) in [5.41, 5.74) is 7.35. The molecule has 0 fully saturated rings. The van der Waals surface area contributed by atoms with E-state index < -0.39 is 0 Å². The van der Waals surface area contributed by atoms with Crippen molar-refractivity contribution in [1.29, 1.82) is 0 Å². The molecular weight excluding hydrogens is 224 g/mol. The summed E-state index contributed by atoms with van der Waals surface area (Å²) in [6.07, 6.45) is 1.04. The van der Waals surface area contributed by atoms with E-state index in [1.165, 1.54) is 0 Å². The second-order valence-electron chi connectivity index (χ2n) is 4.10. The van der Waals surface area contributed by atoms with Crippen molar-refractivity contribution < 1.29 is 0 Å². The van der Waals surface area contributed by atoms with Gasteiger partial charge >= 0.3 is 0 Å². The van der Waals surface area contributed by atoms with Gasteiger partial charge < -0.3 is 10.6 Å². The minimum Gasteiger partial charge on any atom is -0.394 e. The lowest BCUT2D eigenvalue weighted by atomic mass is 10.2. The molecule has 0 aliphatic heterocycles. The molecule has 5 heteroatoms. The molecule has 0 saturated heterocycles. The van der Waals surface area contributed by atoms with Crippen LogP contribution in [0.5, 0.6) is 0 Å². The largest absolute Gasteiger partial charge is 0.394 e. The highest BCUT2D eigenvalue weighted by Gasteiger charge is 2.17. The van der Waals surface area contributed by atoms with Crippen molar-refractivity contribution in [3.63, 3.8) is 0 Å². The molecule has 1 aromatic heterocycles. The Hall–Kier alpha value is -1.03. The van der Waals surface area contributed by atoms with Gasteiger partial charge in [-0.1, -0.05) is 6.92 Å². The highest BCUT2D eigenvalue weighted by atomic mass is 35.5. The zero-order chi connectivity index (χ0) is 12.3. The van der Waals surface area contributed by atoms with E-state index in [4.69, 9.17) is 17.3 Å². The van der Waals surface area contributed by atoms with E-state index in [1.807, 2.05) is 6.92 Å². The minimum atomic E-state index is 0.253. The molecule has 0 amide bonds. The van der Waals surface area contributed by atoms with Gasteiger partial charge in [0, 0.05) is 12.6 Å². The van der Waals surface area contributed by atoms with Gasteiger partial charge in [-0.25, -0.2) is 4.98 Å². The highest BCUT2D eigenvalue weighted by Crippen LogP contribution is 2.26. The van der Waals surface area contributed by atoms with Crippen LogP contribution in [-0.2, 0) is 0 Å². The predicted octanol–water partition coefficient (Wildman–Crippen LogP) is 2.65. The summed E-state index contributed by atoms with van der Waals surface area (Å²) in [7, 11) is 0. The third kappa shape index (κ3) is 2.76. The molecule has 0 aliphatic carbocycles. The topological polar surface area (TPSA) is 55.0 Å². The SMILES string of the molecule is CCCN(c1nc(Cl)nc(C)c1N)C(C)C. The first-order chi connectivity index (χ1) is 7.47. The second kappa shape index (κ2) is 5.34. The molecule has 0 radical (unpaired) electrons. The number of anilines is 2. The molecule has 0 atom stereocenters. The molecule has 4 nitrogen and oxygen atoms in total. The summed E-state index contributed by atoms with van der Waals surface area (Å²) in [6.45, 7) is 9.10. The number of halogens is 1. The Balaban J connectivity index is 3.17. The molecule has 0 spiro atoms. The van der Waals surface area contributed by atoms with Gasteiger partial charge in [-0.05, 0) is 38.8 Å². The lowest BCUT2D eigenvalue weighted by Gasteiger charge is -2.28. The van der Waals surface area contributed by atoms with Crippen LogP contribution in [0.2, 0.25) is 5.28 Å². The first-order valence-corrected chi connectivity index (χ1v) is 5.91. The summed E-state index contributed by atoms with van der Waals surface area (Å²) in [5, 5.41) is 0.253. The Bertz CT molecular complexity index is 365. The standard InChI is InChI=1S/C11H19ClN4/c1-5-6-16(7(2)3)10-9(13)8(4)14-11(12)15-10/h7H,5-6,13H2,1-4H3. The zero-order valence-electron chi connectivity index (χ0n) is 10.3. The van der Waals surface area contributed by atoms with E-state index >= 15 is 0 Å². The number of nitrogen functional groups attached to an aromatic ring is 1. The monoisotopic (exact) mass is 242 g/mol. The Morgan fingerprint density at radius 3 is 2.50 bits per heavy atom. The molecule has 1 heterocycles. The average Bonchev–Trinajstić information content (AvgIpc) is 2.20. The van der Waals surface area contributed by atoms with Gasteiger partial charge in [-0.3, -0.25) is 0 Å². The number of aryl methyl sites for hydroxylation is 1. The fourth-order valence-electron chi connectivity index (χ4n) is 1.60. The minimum absolute atomic E-state index is 0.253. The van der Waals surface area contributed by atoms with E-state index in [1.54, 1.807) is 0 Å². The van der Waals surface area contributed by atoms with Crippen molar-refractivity contribution in [3.8, 4) is 0 Å². The number of nitrogens with zero attached hydrogens (tertiary/aromatic N) is 3. The van der Waals surface area contributed by atoms with Gasteiger partial charge in [-0.15, -0.1) is 0 Å². The summed E-state index contributed by atoms with van der Waals surface area (Å²) in [4.78, 5) is 10.4. The molecule has 0 aromatic carbocycles.